The molecule has 3 aromatic heterocycles. The number of ketones is 1. The summed E-state index contributed by atoms with van der Waals surface area (Å²) in [7, 11) is 0. The van der Waals surface area contributed by atoms with Gasteiger partial charge in [-0.25, -0.2) is 4.98 Å². The Bertz CT molecular complexity index is 1320. The molecule has 0 N–H and O–H groups in total. The predicted octanol–water partition coefficient (Wildman–Crippen LogP) is 5.62. The van der Waals surface area contributed by atoms with Gasteiger partial charge in [0.05, 0.1) is 23.9 Å². The van der Waals surface area contributed by atoms with E-state index in [1.807, 2.05) is 52.8 Å². The maximum absolute atomic E-state index is 13.4. The van der Waals surface area contributed by atoms with Crippen LogP contribution in [0.2, 0.25) is 0 Å². The molecule has 0 aliphatic carbocycles. The number of rotatable bonds is 6. The molecule has 4 aromatic rings. The molecule has 0 unspecified atom stereocenters. The second-order valence-electron chi connectivity index (χ2n) is 7.81. The molecule has 7 heteroatoms. The van der Waals surface area contributed by atoms with Gasteiger partial charge in [0.1, 0.15) is 10.6 Å². The van der Waals surface area contributed by atoms with Crippen LogP contribution >= 0.6 is 23.1 Å². The highest BCUT2D eigenvalue weighted by atomic mass is 32.2. The molecular formula is C24H24N2O3S2. The lowest BCUT2D eigenvalue weighted by atomic mass is 9.97. The van der Waals surface area contributed by atoms with Gasteiger partial charge in [0.25, 0.3) is 5.56 Å². The van der Waals surface area contributed by atoms with E-state index in [1.54, 1.807) is 16.9 Å². The Morgan fingerprint density at radius 2 is 1.87 bits per heavy atom. The summed E-state index contributed by atoms with van der Waals surface area (Å²) >= 11 is 2.82. The van der Waals surface area contributed by atoms with E-state index in [-0.39, 0.29) is 23.6 Å². The van der Waals surface area contributed by atoms with E-state index >= 15 is 0 Å². The highest BCUT2D eigenvalue weighted by molar-refractivity contribution is 7.99. The average Bonchev–Trinajstić information content (AvgIpc) is 3.30. The third kappa shape index (κ3) is 4.12. The maximum Gasteiger partial charge on any atom is 0.263 e. The van der Waals surface area contributed by atoms with E-state index in [9.17, 15) is 9.59 Å². The molecule has 0 aliphatic heterocycles. The van der Waals surface area contributed by atoms with Crippen LogP contribution in [0.3, 0.4) is 0 Å². The third-order valence-corrected chi connectivity index (χ3v) is 7.51. The first kappa shape index (κ1) is 21.6. The third-order valence-electron chi connectivity index (χ3n) is 5.44. The molecule has 5 nitrogen and oxygen atoms in total. The molecule has 0 saturated heterocycles. The van der Waals surface area contributed by atoms with Gasteiger partial charge in [-0.2, -0.15) is 0 Å². The first-order valence-electron chi connectivity index (χ1n) is 10.0. The molecule has 0 spiro atoms. The monoisotopic (exact) mass is 452 g/mol. The van der Waals surface area contributed by atoms with E-state index in [0.29, 0.717) is 21.1 Å². The summed E-state index contributed by atoms with van der Waals surface area (Å²) in [5.74, 6) is 0.924. The zero-order valence-corrected chi connectivity index (χ0v) is 19.9. The molecule has 31 heavy (non-hydrogen) atoms. The fraction of sp³-hybridized carbons (Fsp3) is 0.292. The van der Waals surface area contributed by atoms with Crippen LogP contribution in [0.1, 0.15) is 43.2 Å². The molecule has 0 bridgehead atoms. The summed E-state index contributed by atoms with van der Waals surface area (Å²) in [6.07, 6.45) is 1.59. The number of Topliss-reactive ketones (excluding diaryl/α,β-unsaturated/α-hetero) is 1. The van der Waals surface area contributed by atoms with Crippen molar-refractivity contribution < 1.29 is 9.21 Å². The van der Waals surface area contributed by atoms with Crippen LogP contribution < -0.4 is 5.56 Å². The zero-order chi connectivity index (χ0) is 22.3. The van der Waals surface area contributed by atoms with Crippen LogP contribution in [0.4, 0.5) is 0 Å². The number of carbonyl (C=O) groups excluding carboxylic acids is 1. The molecule has 4 rings (SSSR count). The smallest absolute Gasteiger partial charge is 0.263 e. The lowest BCUT2D eigenvalue weighted by molar-refractivity contribution is 0.102. The van der Waals surface area contributed by atoms with Crippen LogP contribution in [0, 0.1) is 34.6 Å². The van der Waals surface area contributed by atoms with Crippen molar-refractivity contribution in [2.45, 2.75) is 46.3 Å². The standard InChI is InChI=1S/C24H24N2O3S2/c1-13-9-14(2)20(15(3)10-13)19(27)12-30-24-25-22-21(16(4)17(5)31-22)23(28)26(24)11-18-7-6-8-29-18/h6-10H,11-12H2,1-5H3. The van der Waals surface area contributed by atoms with Gasteiger partial charge in [0, 0.05) is 10.4 Å². The zero-order valence-electron chi connectivity index (χ0n) is 18.2. The number of carbonyl (C=O) groups is 1. The Balaban J connectivity index is 1.73. The number of thioether (sulfide) groups is 1. The van der Waals surface area contributed by atoms with Crippen LogP contribution in [-0.2, 0) is 6.54 Å². The second kappa shape index (κ2) is 8.48. The van der Waals surface area contributed by atoms with Crippen LogP contribution in [0.15, 0.2) is 44.9 Å². The summed E-state index contributed by atoms with van der Waals surface area (Å²) in [4.78, 5) is 33.0. The van der Waals surface area contributed by atoms with Gasteiger partial charge in [0.15, 0.2) is 10.9 Å². The highest BCUT2D eigenvalue weighted by Gasteiger charge is 2.20. The molecule has 0 radical (unpaired) electrons. The average molecular weight is 453 g/mol. The lowest BCUT2D eigenvalue weighted by Crippen LogP contribution is -2.24. The number of furan rings is 1. The van der Waals surface area contributed by atoms with Crippen molar-refractivity contribution in [2.24, 2.45) is 0 Å². The summed E-state index contributed by atoms with van der Waals surface area (Å²) in [5, 5.41) is 1.18. The second-order valence-corrected chi connectivity index (χ2v) is 9.96. The summed E-state index contributed by atoms with van der Waals surface area (Å²) in [6.45, 7) is 10.2. The van der Waals surface area contributed by atoms with E-state index in [0.717, 1.165) is 32.7 Å². The number of hydrogen-bond acceptors (Lipinski definition) is 6. The van der Waals surface area contributed by atoms with Crippen molar-refractivity contribution in [1.29, 1.82) is 0 Å². The molecule has 3 heterocycles. The topological polar surface area (TPSA) is 65.1 Å². The Morgan fingerprint density at radius 3 is 2.52 bits per heavy atom. The first-order chi connectivity index (χ1) is 14.8. The van der Waals surface area contributed by atoms with Gasteiger partial charge >= 0.3 is 0 Å². The van der Waals surface area contributed by atoms with Crippen molar-refractivity contribution >= 4 is 39.1 Å². The fourth-order valence-electron chi connectivity index (χ4n) is 3.94. The summed E-state index contributed by atoms with van der Waals surface area (Å²) in [6, 6.07) is 7.69. The van der Waals surface area contributed by atoms with E-state index in [4.69, 9.17) is 9.40 Å². The van der Waals surface area contributed by atoms with Gasteiger partial charge < -0.3 is 4.42 Å². The Kier molecular flexibility index (Phi) is 5.90. The van der Waals surface area contributed by atoms with Gasteiger partial charge in [-0.05, 0) is 63.4 Å². The minimum Gasteiger partial charge on any atom is -0.467 e. The Hall–Kier alpha value is -2.64. The van der Waals surface area contributed by atoms with Gasteiger partial charge in [0.2, 0.25) is 0 Å². The number of aromatic nitrogens is 2. The summed E-state index contributed by atoms with van der Waals surface area (Å²) < 4.78 is 7.09. The molecule has 0 aliphatic rings. The number of thiophene rings is 1. The molecular weight excluding hydrogens is 428 g/mol. The number of fused-ring (bicyclic) bond motifs is 1. The minimum atomic E-state index is -0.0964. The molecule has 0 atom stereocenters. The molecule has 0 amide bonds. The van der Waals surface area contributed by atoms with Crippen molar-refractivity contribution in [3.8, 4) is 0 Å². The molecule has 1 aromatic carbocycles. The lowest BCUT2D eigenvalue weighted by Gasteiger charge is -2.13. The van der Waals surface area contributed by atoms with Crippen LogP contribution in [-0.4, -0.2) is 21.1 Å². The number of nitrogens with zero attached hydrogens (tertiary/aromatic N) is 2. The largest absolute Gasteiger partial charge is 0.467 e. The SMILES string of the molecule is Cc1cc(C)c(C(=O)CSc2nc3sc(C)c(C)c3c(=O)n2Cc2ccco2)c(C)c1. The molecule has 0 fully saturated rings. The highest BCUT2D eigenvalue weighted by Crippen LogP contribution is 2.29. The molecule has 160 valence electrons. The van der Waals surface area contributed by atoms with Gasteiger partial charge in [-0.1, -0.05) is 29.5 Å². The van der Waals surface area contributed by atoms with Gasteiger partial charge in [-0.3, -0.25) is 14.2 Å². The van der Waals surface area contributed by atoms with Crippen molar-refractivity contribution in [3.05, 3.63) is 79.3 Å². The van der Waals surface area contributed by atoms with E-state index < -0.39 is 0 Å². The van der Waals surface area contributed by atoms with Crippen molar-refractivity contribution in [1.82, 2.24) is 9.55 Å². The number of benzene rings is 1. The number of hydrogen-bond donors (Lipinski definition) is 0. The van der Waals surface area contributed by atoms with Crippen molar-refractivity contribution in [2.75, 3.05) is 5.75 Å². The minimum absolute atomic E-state index is 0.0393. The quantitative estimate of drug-likeness (QED) is 0.216. The maximum atomic E-state index is 13.4. The Morgan fingerprint density at radius 1 is 1.16 bits per heavy atom. The first-order valence-corrected chi connectivity index (χ1v) is 11.8. The predicted molar refractivity (Wildman–Crippen MR) is 127 cm³/mol. The fourth-order valence-corrected chi connectivity index (χ4v) is 5.88. The Labute approximate surface area is 189 Å². The van der Waals surface area contributed by atoms with E-state index in [1.165, 1.54) is 23.1 Å². The normalized spacial score (nSPS) is 11.4. The van der Waals surface area contributed by atoms with E-state index in [2.05, 4.69) is 0 Å². The summed E-state index contributed by atoms with van der Waals surface area (Å²) in [5.41, 5.74) is 4.71. The number of aryl methyl sites for hydroxylation is 5. The van der Waals surface area contributed by atoms with Gasteiger partial charge in [-0.15, -0.1) is 11.3 Å². The van der Waals surface area contributed by atoms with Crippen molar-refractivity contribution in [3.63, 3.8) is 0 Å². The van der Waals surface area contributed by atoms with Crippen LogP contribution in [0.25, 0.3) is 10.2 Å². The molecule has 0 saturated carbocycles. The van der Waals surface area contributed by atoms with Crippen LogP contribution in [0.5, 0.6) is 0 Å².